The van der Waals surface area contributed by atoms with Crippen LogP contribution in [0.3, 0.4) is 0 Å². The number of ether oxygens (including phenoxy) is 5. The van der Waals surface area contributed by atoms with E-state index < -0.39 is 117 Å². The number of imide groups is 1. The standard InChI is InChI=1S/C76H94N10O20/c1-39(2)62(81-56(91)19-12-11-13-28-86-57(92)24-25-58(86)93)51(89)34-47(18-15-27-79-74(77)78)73(99)80-48-22-20-46(21-23-48)38-102-75(100)85-31-29-84(30-32-85)49-35-52(90)63-55(36-49)105-70-64(82-63)59-60-67(95)44(7)69-61(59)71(97)76(9,106-69)103-33-26-53(101-10)43(6)54(104-45(8)87)37-50(88)42(5)66(94)40(3)16-14-17-41(4)72(98)83-65(70)68(60)96/h14,16-17,20-26,33,35-36,39-40,42-43,47,50,53-54,62,66,88,94-95,97H,11-13,15,18-19,27-32,34,37-38H2,1-10H3,(H,80,99)(H,81,91)(H,83,98)(H4,77,78,79)/b16-14+,33-26+,41-17-/t40-,42-,43+,47+,50-,53-,54-,62-,66-,76-/m0/s1. The van der Waals surface area contributed by atoms with Crippen LogP contribution in [0.25, 0.3) is 38.7 Å². The fourth-order valence-electron chi connectivity index (χ4n) is 13.4. The van der Waals surface area contributed by atoms with Crippen LogP contribution in [0.15, 0.2) is 104 Å². The lowest BCUT2D eigenvalue weighted by atomic mass is 9.84. The maximum absolute atomic E-state index is 15.1. The number of aliphatic hydroxyl groups excluding tert-OH is 3. The second-order valence-electron chi connectivity index (χ2n) is 27.9. The summed E-state index contributed by atoms with van der Waals surface area (Å²) in [5, 5.41) is 54.9. The normalized spacial score (nSPS) is 23.2. The molecule has 1 aromatic heterocycles. The van der Waals surface area contributed by atoms with Gasteiger partial charge in [-0.05, 0) is 69.2 Å². The number of Topliss-reactive ketones (excluding diaryl/α,β-unsaturated/α-hetero) is 1. The molecule has 106 heavy (non-hydrogen) atoms. The number of benzene rings is 4. The molecule has 4 aliphatic heterocycles. The summed E-state index contributed by atoms with van der Waals surface area (Å²) in [6, 6.07) is 8.56. The number of rotatable bonds is 22. The van der Waals surface area contributed by atoms with Gasteiger partial charge in [0.05, 0.1) is 41.2 Å². The molecule has 0 unspecified atom stereocenters. The molecule has 9 rings (SSSR count). The van der Waals surface area contributed by atoms with Crippen LogP contribution in [-0.4, -0.2) is 171 Å². The van der Waals surface area contributed by atoms with Crippen molar-refractivity contribution in [3.63, 3.8) is 0 Å². The Morgan fingerprint density at radius 2 is 1.58 bits per heavy atom. The van der Waals surface area contributed by atoms with Crippen molar-refractivity contribution in [2.24, 2.45) is 46.0 Å². The van der Waals surface area contributed by atoms with E-state index in [4.69, 9.17) is 44.6 Å². The molecule has 1 fully saturated rings. The lowest BCUT2D eigenvalue weighted by Gasteiger charge is -2.35. The molecular formula is C76H94N10O20. The van der Waals surface area contributed by atoms with Crippen molar-refractivity contribution < 1.29 is 86.9 Å². The Kier molecular flexibility index (Phi) is 25.8. The molecule has 0 aliphatic carbocycles. The highest BCUT2D eigenvalue weighted by molar-refractivity contribution is 6.17. The number of guanidine groups is 1. The molecule has 4 aromatic carbocycles. The number of carbonyl (C=O) groups is 8. The number of allylic oxidation sites excluding steroid dienone is 2. The summed E-state index contributed by atoms with van der Waals surface area (Å²) < 4.78 is 36.2. The largest absolute Gasteiger partial charge is 0.507 e. The van der Waals surface area contributed by atoms with Crippen molar-refractivity contribution in [3.8, 4) is 11.5 Å². The molecular weight excluding hydrogens is 1370 g/mol. The molecule has 568 valence electrons. The van der Waals surface area contributed by atoms with Crippen molar-refractivity contribution in [2.45, 2.75) is 157 Å². The number of piperazine rings is 1. The average molecular weight is 1470 g/mol. The van der Waals surface area contributed by atoms with E-state index in [1.54, 1.807) is 65.0 Å². The molecule has 0 spiro atoms. The number of phenolic OH excluding ortho intramolecular Hbond substituents is 1. The molecule has 0 radical (unpaired) electrons. The summed E-state index contributed by atoms with van der Waals surface area (Å²) >= 11 is 0. The number of hydrogen-bond donors (Lipinski definition) is 9. The summed E-state index contributed by atoms with van der Waals surface area (Å²) in [6.45, 7) is 15.2. The van der Waals surface area contributed by atoms with Gasteiger partial charge in [-0.25, -0.2) is 9.78 Å². The second-order valence-corrected chi connectivity index (χ2v) is 27.9. The first-order chi connectivity index (χ1) is 50.3. The number of ketones is 1. The van der Waals surface area contributed by atoms with Crippen LogP contribution < -0.4 is 53.1 Å². The van der Waals surface area contributed by atoms with Crippen molar-refractivity contribution in [2.75, 3.05) is 61.9 Å². The van der Waals surface area contributed by atoms with E-state index in [0.29, 0.717) is 42.6 Å². The molecule has 4 bridgehead atoms. The first kappa shape index (κ1) is 79.4. The number of nitrogens with zero attached hydrogens (tertiary/aromatic N) is 5. The van der Waals surface area contributed by atoms with Gasteiger partial charge in [-0.2, -0.15) is 0 Å². The SMILES string of the molecule is CO[C@H]1/C=C/O[C@@]2(C)Oc3c(C)c(O)c4c(=O)c(c5oc6cc(N7CCN(C(=O)OCc8ccc(NC(=O)[C@H](CCCN=C(N)N)CC(=O)[C@@H](NC(=O)CCCCCN9C(=O)C=CC9=O)C(C)C)cc8)CC7)cc(=O)c6nc5c4c3=C2O)NC(=O)/C(C)=C\C=C\[C@H](C)[C@H](O)[C@@H](C)[C@@H](O)C[C@H](OC(C)=O)[C@@H]1C. The number of aliphatic imine (C=N–C) groups is 1. The number of nitrogens with two attached hydrogens (primary N) is 2. The lowest BCUT2D eigenvalue weighted by molar-refractivity contribution is -0.154. The van der Waals surface area contributed by atoms with Crippen LogP contribution in [0.1, 0.15) is 118 Å². The van der Waals surface area contributed by atoms with Crippen LogP contribution in [0, 0.1) is 36.5 Å². The van der Waals surface area contributed by atoms with Gasteiger partial charge in [0.25, 0.3) is 17.7 Å². The number of fused-ring (bicyclic) bond motifs is 2. The van der Waals surface area contributed by atoms with Gasteiger partial charge in [0.15, 0.2) is 34.2 Å². The Labute approximate surface area is 611 Å². The Bertz CT molecular complexity index is 4540. The summed E-state index contributed by atoms with van der Waals surface area (Å²) in [6.07, 6.45) is 7.00. The van der Waals surface area contributed by atoms with Gasteiger partial charge in [-0.1, -0.05) is 71.4 Å². The summed E-state index contributed by atoms with van der Waals surface area (Å²) in [5.41, 5.74) is 9.45. The number of aromatic nitrogens is 1. The summed E-state index contributed by atoms with van der Waals surface area (Å²) in [5.74, 6) is -9.91. The Morgan fingerprint density at radius 1 is 0.887 bits per heavy atom. The van der Waals surface area contributed by atoms with Gasteiger partial charge in [0.2, 0.25) is 22.7 Å². The van der Waals surface area contributed by atoms with Gasteiger partial charge in [0, 0.05) is 155 Å². The number of unbranched alkanes of at least 4 members (excludes halogenated alkanes) is 2. The van der Waals surface area contributed by atoms with Crippen LogP contribution in [0.5, 0.6) is 11.5 Å². The van der Waals surface area contributed by atoms with Crippen LogP contribution in [0.2, 0.25) is 0 Å². The highest BCUT2D eigenvalue weighted by atomic mass is 16.7. The third-order valence-corrected chi connectivity index (χ3v) is 19.8. The Hall–Kier alpha value is -10.7. The molecule has 11 N–H and O–H groups in total. The number of amides is 6. The van der Waals surface area contributed by atoms with Gasteiger partial charge >= 0.3 is 17.8 Å². The molecule has 30 heteroatoms. The fraction of sp³-hybridized carbons (Fsp3) is 0.474. The second kappa shape index (κ2) is 34.5. The number of aromatic hydroxyl groups is 1. The maximum Gasteiger partial charge on any atom is 0.410 e. The number of aliphatic hydroxyl groups is 3. The van der Waals surface area contributed by atoms with Gasteiger partial charge in [0.1, 0.15) is 35.4 Å². The molecule has 5 aromatic rings. The minimum atomic E-state index is -2.07. The summed E-state index contributed by atoms with van der Waals surface area (Å²) in [4.78, 5) is 148. The zero-order chi connectivity index (χ0) is 77.2. The van der Waals surface area contributed by atoms with E-state index in [1.807, 2.05) is 4.90 Å². The van der Waals surface area contributed by atoms with Crippen LogP contribution in [-0.2, 0) is 59.1 Å². The van der Waals surface area contributed by atoms with Gasteiger partial charge in [-0.3, -0.25) is 53.0 Å². The molecule has 6 amide bonds. The number of carbonyl (C=O) groups excluding carboxylic acids is 8. The minimum Gasteiger partial charge on any atom is -0.507 e. The van der Waals surface area contributed by atoms with E-state index in [2.05, 4.69) is 20.9 Å². The summed E-state index contributed by atoms with van der Waals surface area (Å²) in [7, 11) is 1.41. The van der Waals surface area contributed by atoms with E-state index in [1.165, 1.54) is 88.5 Å². The van der Waals surface area contributed by atoms with Crippen LogP contribution in [0.4, 0.5) is 21.9 Å². The fourth-order valence-corrected chi connectivity index (χ4v) is 13.4. The third kappa shape index (κ3) is 18.3. The molecule has 5 heterocycles. The van der Waals surface area contributed by atoms with Crippen molar-refractivity contribution in [1.82, 2.24) is 20.1 Å². The highest BCUT2D eigenvalue weighted by Crippen LogP contribution is 2.43. The predicted octanol–water partition coefficient (Wildman–Crippen LogP) is 5.97. The van der Waals surface area contributed by atoms with Crippen molar-refractivity contribution >= 4 is 109 Å². The monoisotopic (exact) mass is 1470 g/mol. The smallest absolute Gasteiger partial charge is 0.410 e. The molecule has 1 saturated heterocycles. The Balaban J connectivity index is 0.907. The number of methoxy groups -OCH3 is 1. The number of anilines is 3. The van der Waals surface area contributed by atoms with Crippen molar-refractivity contribution in [1.29, 1.82) is 0 Å². The van der Waals surface area contributed by atoms with E-state index >= 15 is 4.79 Å². The molecule has 0 saturated carbocycles. The number of nitrogens with one attached hydrogen (secondary N) is 3. The average Bonchev–Trinajstić information content (AvgIpc) is 1.36. The quantitative estimate of drug-likeness (QED) is 0.00733. The van der Waals surface area contributed by atoms with Gasteiger partial charge in [-0.15, -0.1) is 0 Å². The highest BCUT2D eigenvalue weighted by Gasteiger charge is 2.44. The number of phenols is 1. The van der Waals surface area contributed by atoms with Crippen molar-refractivity contribution in [3.05, 3.63) is 121 Å². The maximum atomic E-state index is 15.1. The molecule has 30 nitrogen and oxygen atoms in total. The van der Waals surface area contributed by atoms with E-state index in [-0.39, 0.29) is 157 Å². The van der Waals surface area contributed by atoms with E-state index in [0.717, 1.165) is 4.90 Å². The van der Waals surface area contributed by atoms with Gasteiger partial charge < -0.3 is 85.7 Å². The van der Waals surface area contributed by atoms with Crippen LogP contribution >= 0.6 is 0 Å². The molecule has 10 atom stereocenters. The lowest BCUT2D eigenvalue weighted by Crippen LogP contribution is -2.49. The third-order valence-electron chi connectivity index (χ3n) is 19.8. The predicted molar refractivity (Wildman–Crippen MR) is 394 cm³/mol. The number of esters is 1. The van der Waals surface area contributed by atoms with E-state index in [9.17, 15) is 63.6 Å². The Morgan fingerprint density at radius 3 is 2.25 bits per heavy atom. The minimum absolute atomic E-state index is 0.0107. The number of hydrogen-bond acceptors (Lipinski definition) is 23. The molecule has 4 aliphatic rings. The zero-order valence-corrected chi connectivity index (χ0v) is 61.1. The zero-order valence-electron chi connectivity index (χ0n) is 61.1. The first-order valence-electron chi connectivity index (χ1n) is 35.4. The first-order valence-corrected chi connectivity index (χ1v) is 35.4. The topological polar surface area (TPSA) is 434 Å².